The minimum atomic E-state index is -1.13. The van der Waals surface area contributed by atoms with Crippen LogP contribution in [0.3, 0.4) is 0 Å². The van der Waals surface area contributed by atoms with Crippen molar-refractivity contribution >= 4 is 23.3 Å². The number of esters is 1. The van der Waals surface area contributed by atoms with Crippen LogP contribution in [0.2, 0.25) is 0 Å². The Morgan fingerprint density at radius 3 is 2.60 bits per heavy atom. The Hall–Kier alpha value is -3.36. The van der Waals surface area contributed by atoms with Gasteiger partial charge in [-0.2, -0.15) is 0 Å². The predicted molar refractivity (Wildman–Crippen MR) is 86.6 cm³/mol. The van der Waals surface area contributed by atoms with Crippen LogP contribution in [0.1, 0.15) is 23.0 Å². The number of rotatable bonds is 6. The molecule has 0 bridgehead atoms. The summed E-state index contributed by atoms with van der Waals surface area (Å²) in [6.45, 7) is 2.97. The number of nitrogens with one attached hydrogen (secondary N) is 1. The van der Waals surface area contributed by atoms with Crippen molar-refractivity contribution in [1.29, 1.82) is 0 Å². The molecule has 25 heavy (non-hydrogen) atoms. The molecule has 0 saturated carbocycles. The van der Waals surface area contributed by atoms with Gasteiger partial charge in [-0.3, -0.25) is 14.9 Å². The van der Waals surface area contributed by atoms with Gasteiger partial charge in [-0.25, -0.2) is 4.79 Å². The maximum Gasteiger partial charge on any atom is 0.342 e. The monoisotopic (exact) mass is 348 g/mol. The molecule has 2 rings (SSSR count). The lowest BCUT2D eigenvalue weighted by molar-refractivity contribution is -0.384. The highest BCUT2D eigenvalue weighted by molar-refractivity contribution is 5.98. The van der Waals surface area contributed by atoms with Crippen molar-refractivity contribution in [2.45, 2.75) is 20.0 Å². The summed E-state index contributed by atoms with van der Waals surface area (Å²) in [5, 5.41) is 13.3. The predicted octanol–water partition coefficient (Wildman–Crippen LogP) is 2.69. The van der Waals surface area contributed by atoms with Gasteiger partial charge < -0.3 is 19.2 Å². The number of furan rings is 1. The van der Waals surface area contributed by atoms with E-state index in [1.807, 2.05) is 0 Å². The summed E-state index contributed by atoms with van der Waals surface area (Å²) in [5.41, 5.74) is 0.103. The Balaban J connectivity index is 2.10. The third-order valence-corrected chi connectivity index (χ3v) is 3.38. The first-order chi connectivity index (χ1) is 11.8. The normalized spacial score (nSPS) is 11.5. The molecule has 9 heteroatoms. The van der Waals surface area contributed by atoms with Crippen LogP contribution < -0.4 is 10.1 Å². The highest BCUT2D eigenvalue weighted by atomic mass is 16.6. The number of non-ortho nitro benzene ring substituents is 1. The van der Waals surface area contributed by atoms with Crippen LogP contribution in [0.25, 0.3) is 0 Å². The molecule has 132 valence electrons. The van der Waals surface area contributed by atoms with Crippen LogP contribution in [0.4, 0.5) is 11.4 Å². The van der Waals surface area contributed by atoms with E-state index in [-0.39, 0.29) is 22.7 Å². The van der Waals surface area contributed by atoms with Gasteiger partial charge in [-0.05, 0) is 26.0 Å². The van der Waals surface area contributed by atoms with E-state index in [2.05, 4.69) is 5.32 Å². The molecule has 0 radical (unpaired) electrons. The lowest BCUT2D eigenvalue weighted by atomic mass is 10.2. The number of anilines is 1. The van der Waals surface area contributed by atoms with Crippen molar-refractivity contribution in [3.8, 4) is 5.75 Å². The minimum absolute atomic E-state index is 0.101. The van der Waals surface area contributed by atoms with Crippen LogP contribution in [-0.2, 0) is 9.53 Å². The van der Waals surface area contributed by atoms with Crippen LogP contribution in [0.5, 0.6) is 5.75 Å². The summed E-state index contributed by atoms with van der Waals surface area (Å²) < 4.78 is 15.1. The highest BCUT2D eigenvalue weighted by Crippen LogP contribution is 2.29. The Kier molecular flexibility index (Phi) is 5.38. The zero-order chi connectivity index (χ0) is 18.6. The van der Waals surface area contributed by atoms with Gasteiger partial charge in [0.25, 0.3) is 11.6 Å². The van der Waals surface area contributed by atoms with Crippen molar-refractivity contribution in [2.24, 2.45) is 0 Å². The molecule has 0 fully saturated rings. The number of hydrogen-bond acceptors (Lipinski definition) is 7. The quantitative estimate of drug-likeness (QED) is 0.484. The molecule has 2 aromatic rings. The molecule has 1 aromatic heterocycles. The number of nitro benzene ring substituents is 1. The number of carbonyl (C=O) groups is 2. The van der Waals surface area contributed by atoms with E-state index in [4.69, 9.17) is 13.9 Å². The fourth-order valence-electron chi connectivity index (χ4n) is 2.02. The summed E-state index contributed by atoms with van der Waals surface area (Å²) in [6, 6.07) is 5.20. The van der Waals surface area contributed by atoms with Crippen LogP contribution in [-0.4, -0.2) is 30.0 Å². The Bertz CT molecular complexity index is 813. The van der Waals surface area contributed by atoms with Gasteiger partial charge in [0.2, 0.25) is 0 Å². The summed E-state index contributed by atoms with van der Waals surface area (Å²) in [5.74, 6) is -0.755. The van der Waals surface area contributed by atoms with Crippen LogP contribution in [0, 0.1) is 17.0 Å². The standard InChI is InChI=1S/C16H16N2O7/c1-9-12(6-7-24-9)16(20)25-10(2)15(19)17-13-8-11(18(21)22)4-5-14(13)23-3/h4-8,10H,1-3H3,(H,17,19). The first-order valence-electron chi connectivity index (χ1n) is 7.22. The van der Waals surface area contributed by atoms with Crippen molar-refractivity contribution in [3.05, 3.63) is 52.0 Å². The number of hydrogen-bond donors (Lipinski definition) is 1. The molecule has 1 amide bonds. The van der Waals surface area contributed by atoms with Crippen molar-refractivity contribution in [3.63, 3.8) is 0 Å². The van der Waals surface area contributed by atoms with Gasteiger partial charge in [0.05, 0.1) is 24.0 Å². The summed E-state index contributed by atoms with van der Waals surface area (Å²) in [6.07, 6.45) is 0.204. The van der Waals surface area contributed by atoms with E-state index < -0.39 is 22.9 Å². The molecule has 0 spiro atoms. The number of benzene rings is 1. The van der Waals surface area contributed by atoms with E-state index in [1.165, 1.54) is 38.5 Å². The van der Waals surface area contributed by atoms with E-state index in [9.17, 15) is 19.7 Å². The lowest BCUT2D eigenvalue weighted by Crippen LogP contribution is -2.30. The van der Waals surface area contributed by atoms with Gasteiger partial charge in [-0.1, -0.05) is 0 Å². The zero-order valence-corrected chi connectivity index (χ0v) is 13.8. The maximum atomic E-state index is 12.2. The molecule has 0 aliphatic heterocycles. The molecular formula is C16H16N2O7. The molecule has 1 aromatic carbocycles. The van der Waals surface area contributed by atoms with Gasteiger partial charge in [0.1, 0.15) is 17.1 Å². The first kappa shape index (κ1) is 18.0. The van der Waals surface area contributed by atoms with E-state index in [0.717, 1.165) is 6.07 Å². The second-order valence-electron chi connectivity index (χ2n) is 5.07. The number of amides is 1. The minimum Gasteiger partial charge on any atom is -0.495 e. The largest absolute Gasteiger partial charge is 0.495 e. The molecule has 1 N–H and O–H groups in total. The third kappa shape index (κ3) is 4.14. The van der Waals surface area contributed by atoms with Gasteiger partial charge in [-0.15, -0.1) is 0 Å². The average Bonchev–Trinajstić information content (AvgIpc) is 3.00. The summed E-state index contributed by atoms with van der Waals surface area (Å²) >= 11 is 0. The van der Waals surface area contributed by atoms with Gasteiger partial charge in [0.15, 0.2) is 6.10 Å². The second-order valence-corrected chi connectivity index (χ2v) is 5.07. The first-order valence-corrected chi connectivity index (χ1v) is 7.22. The van der Waals surface area contributed by atoms with E-state index in [0.29, 0.717) is 5.76 Å². The number of nitrogens with zero attached hydrogens (tertiary/aromatic N) is 1. The molecular weight excluding hydrogens is 332 g/mol. The van der Waals surface area contributed by atoms with Crippen molar-refractivity contribution in [2.75, 3.05) is 12.4 Å². The van der Waals surface area contributed by atoms with Crippen molar-refractivity contribution in [1.82, 2.24) is 0 Å². The molecule has 9 nitrogen and oxygen atoms in total. The van der Waals surface area contributed by atoms with E-state index in [1.54, 1.807) is 6.92 Å². The van der Waals surface area contributed by atoms with Gasteiger partial charge >= 0.3 is 5.97 Å². The number of nitro groups is 1. The smallest absolute Gasteiger partial charge is 0.342 e. The Morgan fingerprint density at radius 1 is 1.32 bits per heavy atom. The molecule has 0 aliphatic carbocycles. The molecule has 0 saturated heterocycles. The molecule has 1 atom stereocenters. The topological polar surface area (TPSA) is 121 Å². The lowest BCUT2D eigenvalue weighted by Gasteiger charge is -2.15. The number of carbonyl (C=O) groups excluding carboxylic acids is 2. The molecule has 0 aliphatic rings. The SMILES string of the molecule is COc1ccc([N+](=O)[O-])cc1NC(=O)C(C)OC(=O)c1ccoc1C. The molecule has 1 heterocycles. The number of aryl methyl sites for hydroxylation is 1. The molecule has 1 unspecified atom stereocenters. The van der Waals surface area contributed by atoms with Crippen LogP contribution >= 0.6 is 0 Å². The van der Waals surface area contributed by atoms with Crippen molar-refractivity contribution < 1.29 is 28.4 Å². The fourth-order valence-corrected chi connectivity index (χ4v) is 2.02. The van der Waals surface area contributed by atoms with Crippen LogP contribution in [0.15, 0.2) is 34.9 Å². The number of ether oxygens (including phenoxy) is 2. The zero-order valence-electron chi connectivity index (χ0n) is 13.8. The Morgan fingerprint density at radius 2 is 2.04 bits per heavy atom. The Labute approximate surface area is 142 Å². The fraction of sp³-hybridized carbons (Fsp3) is 0.250. The summed E-state index contributed by atoms with van der Waals surface area (Å²) in [4.78, 5) is 34.5. The third-order valence-electron chi connectivity index (χ3n) is 3.38. The highest BCUT2D eigenvalue weighted by Gasteiger charge is 2.23. The maximum absolute atomic E-state index is 12.2. The summed E-state index contributed by atoms with van der Waals surface area (Å²) in [7, 11) is 1.36. The van der Waals surface area contributed by atoms with E-state index >= 15 is 0 Å². The number of methoxy groups -OCH3 is 1. The van der Waals surface area contributed by atoms with Gasteiger partial charge in [0, 0.05) is 12.1 Å². The average molecular weight is 348 g/mol. The second kappa shape index (κ2) is 7.47.